The van der Waals surface area contributed by atoms with Crippen molar-refractivity contribution in [3.05, 3.63) is 59.9 Å². The van der Waals surface area contributed by atoms with Crippen LogP contribution in [0.2, 0.25) is 0 Å². The van der Waals surface area contributed by atoms with E-state index in [1.165, 1.54) is 36.2 Å². The number of benzene rings is 2. The summed E-state index contributed by atoms with van der Waals surface area (Å²) in [6.07, 6.45) is 3.19. The van der Waals surface area contributed by atoms with Crippen molar-refractivity contribution in [1.29, 1.82) is 0 Å². The standard InChI is InChI=1S/C19H23FN2O/c20-16-3-7-19(8-4-16)23-14-11-15-1-5-17(6-2-15)22-18-9-12-21-13-10-18/h1-8,18,21-22H,9-14H2. The molecule has 0 radical (unpaired) electrons. The Morgan fingerprint density at radius 3 is 2.39 bits per heavy atom. The molecule has 0 bridgehead atoms. The molecule has 1 aliphatic heterocycles. The first-order valence-corrected chi connectivity index (χ1v) is 8.24. The van der Waals surface area contributed by atoms with E-state index in [1.54, 1.807) is 12.1 Å². The number of hydrogen-bond donors (Lipinski definition) is 2. The first kappa shape index (κ1) is 15.8. The summed E-state index contributed by atoms with van der Waals surface area (Å²) >= 11 is 0. The van der Waals surface area contributed by atoms with Gasteiger partial charge in [0, 0.05) is 18.2 Å². The molecule has 1 heterocycles. The second-order valence-corrected chi connectivity index (χ2v) is 5.92. The Kier molecular flexibility index (Phi) is 5.48. The molecule has 3 rings (SSSR count). The molecule has 3 nitrogen and oxygen atoms in total. The predicted octanol–water partition coefficient (Wildman–Crippen LogP) is 3.61. The smallest absolute Gasteiger partial charge is 0.123 e. The summed E-state index contributed by atoms with van der Waals surface area (Å²) in [6, 6.07) is 15.2. The van der Waals surface area contributed by atoms with Crippen LogP contribution >= 0.6 is 0 Å². The van der Waals surface area contributed by atoms with Gasteiger partial charge in [0.05, 0.1) is 6.61 Å². The molecule has 0 saturated carbocycles. The molecule has 1 aliphatic rings. The fourth-order valence-corrected chi connectivity index (χ4v) is 2.79. The van der Waals surface area contributed by atoms with Gasteiger partial charge >= 0.3 is 0 Å². The van der Waals surface area contributed by atoms with Crippen LogP contribution in [0.4, 0.5) is 10.1 Å². The lowest BCUT2D eigenvalue weighted by Gasteiger charge is -2.24. The highest BCUT2D eigenvalue weighted by Gasteiger charge is 2.12. The van der Waals surface area contributed by atoms with Crippen molar-refractivity contribution < 1.29 is 9.13 Å². The fraction of sp³-hybridized carbons (Fsp3) is 0.368. The molecule has 0 spiro atoms. The van der Waals surface area contributed by atoms with E-state index in [4.69, 9.17) is 4.74 Å². The van der Waals surface area contributed by atoms with E-state index < -0.39 is 0 Å². The summed E-state index contributed by atoms with van der Waals surface area (Å²) in [6.45, 7) is 2.78. The number of halogens is 1. The van der Waals surface area contributed by atoms with E-state index in [1.807, 2.05) is 0 Å². The van der Waals surface area contributed by atoms with Crippen LogP contribution in [0.1, 0.15) is 18.4 Å². The van der Waals surface area contributed by atoms with Gasteiger partial charge in [0.2, 0.25) is 0 Å². The highest BCUT2D eigenvalue weighted by molar-refractivity contribution is 5.45. The number of nitrogens with one attached hydrogen (secondary N) is 2. The number of piperidine rings is 1. The molecular formula is C19H23FN2O. The molecule has 2 N–H and O–H groups in total. The third-order valence-corrected chi connectivity index (χ3v) is 4.14. The van der Waals surface area contributed by atoms with E-state index in [0.29, 0.717) is 18.4 Å². The summed E-state index contributed by atoms with van der Waals surface area (Å²) in [5, 5.41) is 6.96. The highest BCUT2D eigenvalue weighted by Crippen LogP contribution is 2.16. The van der Waals surface area contributed by atoms with Gasteiger partial charge in [-0.15, -0.1) is 0 Å². The van der Waals surface area contributed by atoms with Crippen LogP contribution in [0.15, 0.2) is 48.5 Å². The van der Waals surface area contributed by atoms with Gasteiger partial charge in [-0.3, -0.25) is 0 Å². The minimum absolute atomic E-state index is 0.241. The van der Waals surface area contributed by atoms with Crippen LogP contribution in [0.3, 0.4) is 0 Å². The van der Waals surface area contributed by atoms with Crippen LogP contribution in [-0.2, 0) is 6.42 Å². The van der Waals surface area contributed by atoms with E-state index >= 15 is 0 Å². The Bertz CT molecular complexity index is 592. The molecule has 122 valence electrons. The summed E-state index contributed by atoms with van der Waals surface area (Å²) in [7, 11) is 0. The molecule has 0 unspecified atom stereocenters. The Hall–Kier alpha value is -2.07. The number of ether oxygens (including phenoxy) is 1. The Labute approximate surface area is 136 Å². The maximum Gasteiger partial charge on any atom is 0.123 e. The molecule has 1 fully saturated rings. The maximum absolute atomic E-state index is 12.8. The van der Waals surface area contributed by atoms with Crippen LogP contribution in [0.5, 0.6) is 5.75 Å². The van der Waals surface area contributed by atoms with Gasteiger partial charge in [-0.1, -0.05) is 12.1 Å². The summed E-state index contributed by atoms with van der Waals surface area (Å²) < 4.78 is 18.4. The lowest BCUT2D eigenvalue weighted by molar-refractivity contribution is 0.321. The van der Waals surface area contributed by atoms with Crippen molar-refractivity contribution in [3.63, 3.8) is 0 Å². The summed E-state index contributed by atoms with van der Waals surface area (Å²) in [5.74, 6) is 0.463. The van der Waals surface area contributed by atoms with E-state index in [2.05, 4.69) is 34.9 Å². The van der Waals surface area contributed by atoms with Gasteiger partial charge in [-0.25, -0.2) is 4.39 Å². The van der Waals surface area contributed by atoms with Crippen molar-refractivity contribution in [2.24, 2.45) is 0 Å². The SMILES string of the molecule is Fc1ccc(OCCc2ccc(NC3CCNCC3)cc2)cc1. The third-order valence-electron chi connectivity index (χ3n) is 4.14. The molecule has 2 aromatic carbocycles. The minimum atomic E-state index is -0.241. The number of rotatable bonds is 6. The fourth-order valence-electron chi connectivity index (χ4n) is 2.79. The van der Waals surface area contributed by atoms with Gasteiger partial charge in [0.1, 0.15) is 11.6 Å². The van der Waals surface area contributed by atoms with Gasteiger partial charge in [0.15, 0.2) is 0 Å². The zero-order chi connectivity index (χ0) is 15.9. The average molecular weight is 314 g/mol. The second-order valence-electron chi connectivity index (χ2n) is 5.92. The van der Waals surface area contributed by atoms with Crippen molar-refractivity contribution in [2.75, 3.05) is 25.0 Å². The van der Waals surface area contributed by atoms with Crippen molar-refractivity contribution in [2.45, 2.75) is 25.3 Å². The van der Waals surface area contributed by atoms with Crippen molar-refractivity contribution in [3.8, 4) is 5.75 Å². The highest BCUT2D eigenvalue weighted by atomic mass is 19.1. The van der Waals surface area contributed by atoms with E-state index in [-0.39, 0.29) is 5.82 Å². The molecule has 2 aromatic rings. The van der Waals surface area contributed by atoms with Crippen LogP contribution in [-0.4, -0.2) is 25.7 Å². The monoisotopic (exact) mass is 314 g/mol. The normalized spacial score (nSPS) is 15.3. The van der Waals surface area contributed by atoms with Gasteiger partial charge in [0.25, 0.3) is 0 Å². The first-order chi connectivity index (χ1) is 11.3. The molecule has 1 saturated heterocycles. The Morgan fingerprint density at radius 1 is 1.00 bits per heavy atom. The van der Waals surface area contributed by atoms with Crippen LogP contribution in [0.25, 0.3) is 0 Å². The molecular weight excluding hydrogens is 291 g/mol. The maximum atomic E-state index is 12.8. The predicted molar refractivity (Wildman–Crippen MR) is 91.6 cm³/mol. The molecule has 0 amide bonds. The molecule has 23 heavy (non-hydrogen) atoms. The Morgan fingerprint density at radius 2 is 1.70 bits per heavy atom. The van der Waals surface area contributed by atoms with E-state index in [9.17, 15) is 4.39 Å². The zero-order valence-electron chi connectivity index (χ0n) is 13.2. The first-order valence-electron chi connectivity index (χ1n) is 8.24. The average Bonchev–Trinajstić information content (AvgIpc) is 2.59. The molecule has 0 aromatic heterocycles. The lowest BCUT2D eigenvalue weighted by atomic mass is 10.1. The van der Waals surface area contributed by atoms with Gasteiger partial charge < -0.3 is 15.4 Å². The van der Waals surface area contributed by atoms with E-state index in [0.717, 1.165) is 19.5 Å². The number of anilines is 1. The van der Waals surface area contributed by atoms with Crippen LogP contribution in [0, 0.1) is 5.82 Å². The van der Waals surface area contributed by atoms with Gasteiger partial charge in [-0.2, -0.15) is 0 Å². The Balaban J connectivity index is 1.44. The molecule has 0 atom stereocenters. The minimum Gasteiger partial charge on any atom is -0.493 e. The number of hydrogen-bond acceptors (Lipinski definition) is 3. The van der Waals surface area contributed by atoms with Crippen LogP contribution < -0.4 is 15.4 Å². The second kappa shape index (κ2) is 7.97. The quantitative estimate of drug-likeness (QED) is 0.854. The lowest BCUT2D eigenvalue weighted by Crippen LogP contribution is -2.35. The van der Waals surface area contributed by atoms with Gasteiger partial charge in [-0.05, 0) is 67.9 Å². The largest absolute Gasteiger partial charge is 0.493 e. The zero-order valence-corrected chi connectivity index (χ0v) is 13.2. The summed E-state index contributed by atoms with van der Waals surface area (Å²) in [4.78, 5) is 0. The molecule has 4 heteroatoms. The van der Waals surface area contributed by atoms with Crippen molar-refractivity contribution >= 4 is 5.69 Å². The molecule has 0 aliphatic carbocycles. The van der Waals surface area contributed by atoms with Crippen molar-refractivity contribution in [1.82, 2.24) is 5.32 Å². The summed E-state index contributed by atoms with van der Waals surface area (Å²) in [5.41, 5.74) is 2.42. The third kappa shape index (κ3) is 4.96. The topological polar surface area (TPSA) is 33.3 Å².